The first-order valence-corrected chi connectivity index (χ1v) is 10.8. The van der Waals surface area contributed by atoms with E-state index in [2.05, 4.69) is 5.32 Å². The lowest BCUT2D eigenvalue weighted by Crippen LogP contribution is -2.58. The van der Waals surface area contributed by atoms with Crippen LogP contribution in [0.1, 0.15) is 66.2 Å². The number of carbonyl (C=O) groups is 1. The van der Waals surface area contributed by atoms with Crippen LogP contribution in [0.15, 0.2) is 0 Å². The van der Waals surface area contributed by atoms with E-state index in [-0.39, 0.29) is 12.1 Å². The van der Waals surface area contributed by atoms with E-state index < -0.39 is 21.9 Å². The van der Waals surface area contributed by atoms with Gasteiger partial charge in [0.25, 0.3) is 10.2 Å². The molecule has 0 aromatic heterocycles. The molecule has 1 amide bonds. The Labute approximate surface area is 152 Å². The van der Waals surface area contributed by atoms with Crippen molar-refractivity contribution in [3.63, 3.8) is 0 Å². The molecule has 2 heterocycles. The number of piperidine rings is 2. The van der Waals surface area contributed by atoms with Crippen LogP contribution in [0.4, 0.5) is 4.79 Å². The topological polar surface area (TPSA) is 79.0 Å². The molecule has 8 heteroatoms. The van der Waals surface area contributed by atoms with E-state index in [0.717, 1.165) is 38.5 Å². The van der Waals surface area contributed by atoms with Crippen molar-refractivity contribution in [2.24, 2.45) is 0 Å². The van der Waals surface area contributed by atoms with E-state index in [1.807, 2.05) is 27.7 Å². The molecular formula is C17H33N3O4S. The van der Waals surface area contributed by atoms with Gasteiger partial charge in [0.1, 0.15) is 5.60 Å². The Morgan fingerprint density at radius 2 is 1.68 bits per heavy atom. The van der Waals surface area contributed by atoms with Gasteiger partial charge in [0, 0.05) is 31.7 Å². The molecule has 7 nitrogen and oxygen atoms in total. The van der Waals surface area contributed by atoms with Crippen LogP contribution in [0.25, 0.3) is 0 Å². The molecule has 2 aliphatic rings. The fourth-order valence-electron chi connectivity index (χ4n) is 3.55. The molecule has 1 N–H and O–H groups in total. The Hall–Kier alpha value is -0.860. The molecule has 2 aliphatic heterocycles. The van der Waals surface area contributed by atoms with Gasteiger partial charge in [-0.3, -0.25) is 0 Å². The maximum Gasteiger partial charge on any atom is 0.407 e. The largest absolute Gasteiger partial charge is 0.444 e. The predicted octanol–water partition coefficient (Wildman–Crippen LogP) is 2.48. The number of nitrogens with zero attached hydrogens (tertiary/aromatic N) is 2. The van der Waals surface area contributed by atoms with Crippen LogP contribution in [0.2, 0.25) is 0 Å². The Kier molecular flexibility index (Phi) is 6.73. The molecular weight excluding hydrogens is 342 g/mol. The van der Waals surface area contributed by atoms with E-state index in [0.29, 0.717) is 19.6 Å². The van der Waals surface area contributed by atoms with Gasteiger partial charge in [-0.25, -0.2) is 4.79 Å². The summed E-state index contributed by atoms with van der Waals surface area (Å²) in [5.41, 5.74) is -0.573. The second-order valence-corrected chi connectivity index (χ2v) is 9.96. The molecule has 0 aromatic carbocycles. The smallest absolute Gasteiger partial charge is 0.407 e. The Balaban J connectivity index is 2.07. The average molecular weight is 376 g/mol. The minimum Gasteiger partial charge on any atom is -0.444 e. The van der Waals surface area contributed by atoms with Crippen molar-refractivity contribution >= 4 is 16.3 Å². The summed E-state index contributed by atoms with van der Waals surface area (Å²) in [4.78, 5) is 12.1. The van der Waals surface area contributed by atoms with Crippen LogP contribution in [0.3, 0.4) is 0 Å². The van der Waals surface area contributed by atoms with Crippen LogP contribution >= 0.6 is 0 Å². The summed E-state index contributed by atoms with van der Waals surface area (Å²) in [5, 5.41) is 2.83. The van der Waals surface area contributed by atoms with Crippen LogP contribution in [0.5, 0.6) is 0 Å². The van der Waals surface area contributed by atoms with Gasteiger partial charge in [-0.15, -0.1) is 0 Å². The number of ether oxygens (including phenoxy) is 1. The molecule has 0 saturated carbocycles. The third-order valence-corrected chi connectivity index (χ3v) is 6.82. The van der Waals surface area contributed by atoms with Gasteiger partial charge < -0.3 is 10.1 Å². The number of carbonyl (C=O) groups excluding carboxylic acids is 1. The lowest BCUT2D eigenvalue weighted by atomic mass is 9.99. The van der Waals surface area contributed by atoms with Crippen molar-refractivity contribution in [2.75, 3.05) is 19.6 Å². The highest BCUT2D eigenvalue weighted by Gasteiger charge is 2.39. The number of amides is 1. The van der Waals surface area contributed by atoms with Crippen LogP contribution < -0.4 is 5.32 Å². The first kappa shape index (κ1) is 20.5. The molecule has 0 radical (unpaired) electrons. The van der Waals surface area contributed by atoms with Crippen molar-refractivity contribution in [1.29, 1.82) is 0 Å². The first-order chi connectivity index (χ1) is 11.6. The van der Waals surface area contributed by atoms with E-state index in [1.54, 1.807) is 8.61 Å². The summed E-state index contributed by atoms with van der Waals surface area (Å²) >= 11 is 0. The molecule has 2 atom stereocenters. The number of hydrogen-bond acceptors (Lipinski definition) is 4. The molecule has 0 unspecified atom stereocenters. The normalized spacial score (nSPS) is 25.4. The molecule has 146 valence electrons. The number of hydrogen-bond donors (Lipinski definition) is 1. The third kappa shape index (κ3) is 5.56. The summed E-state index contributed by atoms with van der Waals surface area (Å²) in [6.07, 6.45) is 5.02. The zero-order valence-corrected chi connectivity index (χ0v) is 16.8. The van der Waals surface area contributed by atoms with Crippen LogP contribution in [-0.4, -0.2) is 60.4 Å². The van der Waals surface area contributed by atoms with Gasteiger partial charge in [-0.2, -0.15) is 17.0 Å². The second-order valence-electron chi connectivity index (χ2n) is 8.08. The highest BCUT2D eigenvalue weighted by atomic mass is 32.2. The second kappa shape index (κ2) is 8.22. The fourth-order valence-corrected chi connectivity index (χ4v) is 5.56. The average Bonchev–Trinajstić information content (AvgIpc) is 2.53. The highest BCUT2D eigenvalue weighted by molar-refractivity contribution is 7.86. The van der Waals surface area contributed by atoms with Crippen molar-refractivity contribution in [1.82, 2.24) is 13.9 Å². The quantitative estimate of drug-likeness (QED) is 0.819. The Bertz CT molecular complexity index is 553. The van der Waals surface area contributed by atoms with Gasteiger partial charge in [0.15, 0.2) is 0 Å². The maximum absolute atomic E-state index is 13.1. The fraction of sp³-hybridized carbons (Fsp3) is 0.941. The van der Waals surface area contributed by atoms with Crippen LogP contribution in [-0.2, 0) is 14.9 Å². The predicted molar refractivity (Wildman–Crippen MR) is 97.5 cm³/mol. The molecule has 0 spiro atoms. The van der Waals surface area contributed by atoms with E-state index >= 15 is 0 Å². The minimum absolute atomic E-state index is 0.229. The van der Waals surface area contributed by atoms with E-state index in [1.165, 1.54) is 0 Å². The van der Waals surface area contributed by atoms with Gasteiger partial charge in [-0.1, -0.05) is 12.8 Å². The van der Waals surface area contributed by atoms with Gasteiger partial charge in [0.05, 0.1) is 0 Å². The molecule has 25 heavy (non-hydrogen) atoms. The minimum atomic E-state index is -3.48. The zero-order valence-electron chi connectivity index (χ0n) is 16.0. The summed E-state index contributed by atoms with van der Waals surface area (Å²) in [7, 11) is -3.48. The van der Waals surface area contributed by atoms with Gasteiger partial charge in [-0.05, 0) is 53.4 Å². The molecule has 2 rings (SSSR count). The molecule has 0 aliphatic carbocycles. The number of alkyl carbamates (subject to hydrolysis) is 1. The van der Waals surface area contributed by atoms with Crippen molar-refractivity contribution in [3.05, 3.63) is 0 Å². The highest BCUT2D eigenvalue weighted by Crippen LogP contribution is 2.26. The lowest BCUT2D eigenvalue weighted by Gasteiger charge is -2.41. The van der Waals surface area contributed by atoms with E-state index in [9.17, 15) is 13.2 Å². The van der Waals surface area contributed by atoms with Crippen molar-refractivity contribution in [3.8, 4) is 0 Å². The van der Waals surface area contributed by atoms with Gasteiger partial charge >= 0.3 is 6.09 Å². The van der Waals surface area contributed by atoms with Crippen molar-refractivity contribution < 1.29 is 17.9 Å². The summed E-state index contributed by atoms with van der Waals surface area (Å²) in [5.74, 6) is 0. The standard InChI is InChI=1S/C17H33N3O4S/c1-14(18-16(21)24-17(2,3)4)15-10-6-9-13-20(15)25(22,23)19-11-7-5-8-12-19/h14-15H,5-13H2,1-4H3,(H,18,21)/t14-,15+/m1/s1. The zero-order chi connectivity index (χ0) is 18.7. The van der Waals surface area contributed by atoms with Crippen LogP contribution in [0, 0.1) is 0 Å². The molecule has 0 bridgehead atoms. The van der Waals surface area contributed by atoms with Crippen molar-refractivity contribution in [2.45, 2.75) is 83.9 Å². The number of nitrogens with one attached hydrogen (secondary N) is 1. The third-order valence-electron chi connectivity index (χ3n) is 4.76. The van der Waals surface area contributed by atoms with Gasteiger partial charge in [0.2, 0.25) is 0 Å². The molecule has 2 fully saturated rings. The Morgan fingerprint density at radius 1 is 1.08 bits per heavy atom. The summed E-state index contributed by atoms with van der Waals surface area (Å²) in [6.45, 7) is 9.00. The Morgan fingerprint density at radius 3 is 2.28 bits per heavy atom. The monoisotopic (exact) mass is 375 g/mol. The first-order valence-electron chi connectivity index (χ1n) is 9.38. The summed E-state index contributed by atoms with van der Waals surface area (Å²) < 4.78 is 34.7. The molecule has 2 saturated heterocycles. The SMILES string of the molecule is C[C@@H](NC(=O)OC(C)(C)C)[C@@H]1CCCCN1S(=O)(=O)N1CCCCC1. The summed E-state index contributed by atoms with van der Waals surface area (Å²) in [6, 6.07) is -0.525. The number of rotatable bonds is 4. The molecule has 0 aromatic rings. The van der Waals surface area contributed by atoms with E-state index in [4.69, 9.17) is 4.74 Å². The lowest BCUT2D eigenvalue weighted by molar-refractivity contribution is 0.0476. The maximum atomic E-state index is 13.1.